The van der Waals surface area contributed by atoms with E-state index in [0.29, 0.717) is 23.8 Å². The summed E-state index contributed by atoms with van der Waals surface area (Å²) in [7, 11) is 0. The number of carboxylic acid groups (broad SMARTS) is 1. The summed E-state index contributed by atoms with van der Waals surface area (Å²) in [6, 6.07) is 14.6. The van der Waals surface area contributed by atoms with Crippen molar-refractivity contribution in [2.75, 3.05) is 13.1 Å². The summed E-state index contributed by atoms with van der Waals surface area (Å²) >= 11 is 0. The Labute approximate surface area is 136 Å². The quantitative estimate of drug-likeness (QED) is 0.890. The first-order valence-electron chi connectivity index (χ1n) is 7.93. The Balaban J connectivity index is 1.61. The van der Waals surface area contributed by atoms with Crippen LogP contribution in [0.2, 0.25) is 0 Å². The normalized spacial score (nSPS) is 18.2. The van der Waals surface area contributed by atoms with E-state index in [4.69, 9.17) is 0 Å². The highest BCUT2D eigenvalue weighted by Gasteiger charge is 2.24. The van der Waals surface area contributed by atoms with Crippen LogP contribution in [-0.2, 0) is 13.0 Å². The predicted octanol–water partition coefficient (Wildman–Crippen LogP) is 3.16. The first-order chi connectivity index (χ1) is 11.1. The number of nitrogens with zero attached hydrogens (tertiary/aromatic N) is 1. The molecule has 1 unspecified atom stereocenters. The van der Waals surface area contributed by atoms with Gasteiger partial charge in [-0.2, -0.15) is 0 Å². The van der Waals surface area contributed by atoms with E-state index in [-0.39, 0.29) is 0 Å². The number of carboxylic acids is 1. The molecule has 0 amide bonds. The van der Waals surface area contributed by atoms with Gasteiger partial charge >= 0.3 is 5.97 Å². The lowest BCUT2D eigenvalue weighted by Crippen LogP contribution is -2.22. The van der Waals surface area contributed by atoms with Gasteiger partial charge in [-0.3, -0.25) is 4.90 Å². The minimum absolute atomic E-state index is 0.313. The maximum absolute atomic E-state index is 11.3. The number of hydrogen-bond acceptors (Lipinski definition) is 3. The fourth-order valence-electron chi connectivity index (χ4n) is 3.35. The minimum Gasteiger partial charge on any atom is -0.508 e. The van der Waals surface area contributed by atoms with Gasteiger partial charge in [0.15, 0.2) is 0 Å². The molecule has 1 aliphatic rings. The Morgan fingerprint density at radius 2 is 2.00 bits per heavy atom. The summed E-state index contributed by atoms with van der Waals surface area (Å²) in [6.45, 7) is 2.63. The molecule has 4 heteroatoms. The van der Waals surface area contributed by atoms with Gasteiger partial charge in [-0.25, -0.2) is 4.79 Å². The molecule has 1 fully saturated rings. The molecule has 4 nitrogen and oxygen atoms in total. The van der Waals surface area contributed by atoms with Gasteiger partial charge < -0.3 is 10.2 Å². The molecule has 0 saturated carbocycles. The molecular weight excluding hydrogens is 290 g/mol. The molecule has 2 aromatic rings. The van der Waals surface area contributed by atoms with Gasteiger partial charge in [0.25, 0.3) is 0 Å². The zero-order valence-electron chi connectivity index (χ0n) is 13.0. The van der Waals surface area contributed by atoms with Crippen molar-refractivity contribution in [2.24, 2.45) is 5.92 Å². The van der Waals surface area contributed by atoms with Gasteiger partial charge in [-0.15, -0.1) is 0 Å². The maximum Gasteiger partial charge on any atom is 0.336 e. The lowest BCUT2D eigenvalue weighted by Gasteiger charge is -2.17. The van der Waals surface area contributed by atoms with E-state index >= 15 is 0 Å². The molecule has 0 spiro atoms. The number of carbonyl (C=O) groups is 1. The zero-order chi connectivity index (χ0) is 16.2. The van der Waals surface area contributed by atoms with Crippen molar-refractivity contribution in [3.05, 3.63) is 65.2 Å². The summed E-state index contributed by atoms with van der Waals surface area (Å²) < 4.78 is 0. The first kappa shape index (κ1) is 15.6. The maximum atomic E-state index is 11.3. The third-order valence-corrected chi connectivity index (χ3v) is 4.45. The number of phenolic OH excluding ortho intramolecular Hbond substituents is 1. The van der Waals surface area contributed by atoms with Gasteiger partial charge in [0.1, 0.15) is 5.75 Å². The standard InChI is InChI=1S/C19H21NO3/c21-17-6-3-4-14(11-17)10-15-8-9-20(12-15)13-16-5-1-2-7-18(16)19(22)23/h1-7,11,15,21H,8-10,12-13H2,(H,22,23). The van der Waals surface area contributed by atoms with Crippen molar-refractivity contribution < 1.29 is 15.0 Å². The highest BCUT2D eigenvalue weighted by molar-refractivity contribution is 5.89. The predicted molar refractivity (Wildman–Crippen MR) is 88.6 cm³/mol. The fourth-order valence-corrected chi connectivity index (χ4v) is 3.35. The van der Waals surface area contributed by atoms with Gasteiger partial charge in [-0.1, -0.05) is 30.3 Å². The van der Waals surface area contributed by atoms with Crippen molar-refractivity contribution in [3.8, 4) is 5.75 Å². The molecular formula is C19H21NO3. The average Bonchev–Trinajstić information content (AvgIpc) is 2.94. The summed E-state index contributed by atoms with van der Waals surface area (Å²) in [5.74, 6) is -0.00219. The summed E-state index contributed by atoms with van der Waals surface area (Å²) in [6.07, 6.45) is 2.05. The van der Waals surface area contributed by atoms with Crippen LogP contribution in [0.15, 0.2) is 48.5 Å². The summed E-state index contributed by atoms with van der Waals surface area (Å²) in [5.41, 5.74) is 2.42. The van der Waals surface area contributed by atoms with Crippen LogP contribution >= 0.6 is 0 Å². The van der Waals surface area contributed by atoms with Crippen LogP contribution in [-0.4, -0.2) is 34.2 Å². The van der Waals surface area contributed by atoms with Crippen LogP contribution in [0.3, 0.4) is 0 Å². The third kappa shape index (κ3) is 3.90. The largest absolute Gasteiger partial charge is 0.508 e. The molecule has 1 heterocycles. The van der Waals surface area contributed by atoms with Crippen LogP contribution in [0.1, 0.15) is 27.9 Å². The topological polar surface area (TPSA) is 60.8 Å². The lowest BCUT2D eigenvalue weighted by molar-refractivity contribution is 0.0694. The Morgan fingerprint density at radius 3 is 2.78 bits per heavy atom. The monoisotopic (exact) mass is 311 g/mol. The van der Waals surface area contributed by atoms with Gasteiger partial charge in [-0.05, 0) is 54.6 Å². The van der Waals surface area contributed by atoms with Crippen LogP contribution in [0.25, 0.3) is 0 Å². The van der Waals surface area contributed by atoms with Crippen molar-refractivity contribution >= 4 is 5.97 Å². The van der Waals surface area contributed by atoms with Gasteiger partial charge in [0.05, 0.1) is 5.56 Å². The van der Waals surface area contributed by atoms with E-state index in [2.05, 4.69) is 4.90 Å². The Hall–Kier alpha value is -2.33. The average molecular weight is 311 g/mol. The Morgan fingerprint density at radius 1 is 1.17 bits per heavy atom. The van der Waals surface area contributed by atoms with Crippen molar-refractivity contribution in [3.63, 3.8) is 0 Å². The second-order valence-corrected chi connectivity index (χ2v) is 6.23. The van der Waals surface area contributed by atoms with Crippen LogP contribution in [0.4, 0.5) is 0 Å². The number of phenols is 1. The molecule has 23 heavy (non-hydrogen) atoms. The number of aromatic carboxylic acids is 1. The number of benzene rings is 2. The van der Waals surface area contributed by atoms with E-state index in [9.17, 15) is 15.0 Å². The van der Waals surface area contributed by atoms with E-state index in [1.165, 1.54) is 0 Å². The first-order valence-corrected chi connectivity index (χ1v) is 7.93. The molecule has 2 N–H and O–H groups in total. The van der Waals surface area contributed by atoms with Gasteiger partial charge in [0, 0.05) is 13.1 Å². The van der Waals surface area contributed by atoms with Crippen molar-refractivity contribution in [1.29, 1.82) is 0 Å². The van der Waals surface area contributed by atoms with Crippen molar-refractivity contribution in [2.45, 2.75) is 19.4 Å². The van der Waals surface area contributed by atoms with Gasteiger partial charge in [0.2, 0.25) is 0 Å². The Kier molecular flexibility index (Phi) is 4.63. The molecule has 1 atom stereocenters. The molecule has 1 aliphatic heterocycles. The van der Waals surface area contributed by atoms with E-state index in [0.717, 1.165) is 37.1 Å². The molecule has 1 saturated heterocycles. The number of likely N-dealkylation sites (tertiary alicyclic amines) is 1. The van der Waals surface area contributed by atoms with E-state index in [1.807, 2.05) is 30.3 Å². The number of aromatic hydroxyl groups is 1. The minimum atomic E-state index is -0.865. The highest BCUT2D eigenvalue weighted by atomic mass is 16.4. The molecule has 0 aromatic heterocycles. The highest BCUT2D eigenvalue weighted by Crippen LogP contribution is 2.24. The molecule has 0 bridgehead atoms. The SMILES string of the molecule is O=C(O)c1ccccc1CN1CCC(Cc2cccc(O)c2)C1. The van der Waals surface area contributed by atoms with Crippen LogP contribution in [0.5, 0.6) is 5.75 Å². The zero-order valence-corrected chi connectivity index (χ0v) is 13.0. The molecule has 0 radical (unpaired) electrons. The molecule has 3 rings (SSSR count). The molecule has 120 valence electrons. The van der Waals surface area contributed by atoms with Crippen molar-refractivity contribution in [1.82, 2.24) is 4.90 Å². The molecule has 0 aliphatic carbocycles. The van der Waals surface area contributed by atoms with E-state index in [1.54, 1.807) is 18.2 Å². The number of hydrogen-bond donors (Lipinski definition) is 2. The van der Waals surface area contributed by atoms with Crippen LogP contribution in [0, 0.1) is 5.92 Å². The molecule has 2 aromatic carbocycles. The van der Waals surface area contributed by atoms with E-state index < -0.39 is 5.97 Å². The summed E-state index contributed by atoms with van der Waals surface area (Å²) in [5, 5.41) is 18.8. The fraction of sp³-hybridized carbons (Fsp3) is 0.316. The smallest absolute Gasteiger partial charge is 0.336 e. The second kappa shape index (κ2) is 6.84. The third-order valence-electron chi connectivity index (χ3n) is 4.45. The lowest BCUT2D eigenvalue weighted by atomic mass is 9.98. The number of rotatable bonds is 5. The Bertz CT molecular complexity index is 699. The van der Waals surface area contributed by atoms with Crippen LogP contribution < -0.4 is 0 Å². The summed E-state index contributed by atoms with van der Waals surface area (Å²) in [4.78, 5) is 13.6. The second-order valence-electron chi connectivity index (χ2n) is 6.23.